The Bertz CT molecular complexity index is 459. The van der Waals surface area contributed by atoms with Gasteiger partial charge in [0.1, 0.15) is 0 Å². The van der Waals surface area contributed by atoms with E-state index >= 15 is 0 Å². The van der Waals surface area contributed by atoms with Gasteiger partial charge in [0.25, 0.3) is 0 Å². The topological polar surface area (TPSA) is 26.0 Å². The van der Waals surface area contributed by atoms with E-state index in [1.807, 2.05) is 23.1 Å². The van der Waals surface area contributed by atoms with E-state index in [0.717, 1.165) is 12.2 Å². The first kappa shape index (κ1) is 12.7. The van der Waals surface area contributed by atoms with Gasteiger partial charge in [-0.2, -0.15) is 0 Å². The number of aryl methyl sites for hydroxylation is 1. The van der Waals surface area contributed by atoms with Crippen LogP contribution < -0.4 is 5.73 Å². The molecule has 0 atom stereocenters. The quantitative estimate of drug-likeness (QED) is 0.823. The first-order valence-corrected chi connectivity index (χ1v) is 7.61. The van der Waals surface area contributed by atoms with Crippen LogP contribution >= 0.6 is 23.1 Å². The third-order valence-electron chi connectivity index (χ3n) is 2.61. The third-order valence-corrected chi connectivity index (χ3v) is 5.08. The SMILES string of the molecule is CCc1ccc(CSc2ccc(CN)cc2)s1. The van der Waals surface area contributed by atoms with Crippen LogP contribution in [0.4, 0.5) is 0 Å². The van der Waals surface area contributed by atoms with Crippen molar-refractivity contribution in [1.82, 2.24) is 0 Å². The van der Waals surface area contributed by atoms with Gasteiger partial charge < -0.3 is 5.73 Å². The minimum atomic E-state index is 0.621. The summed E-state index contributed by atoms with van der Waals surface area (Å²) in [7, 11) is 0. The number of nitrogens with two attached hydrogens (primary N) is 1. The summed E-state index contributed by atoms with van der Waals surface area (Å²) in [4.78, 5) is 4.24. The molecule has 2 N–H and O–H groups in total. The molecule has 3 heteroatoms. The highest BCUT2D eigenvalue weighted by Gasteiger charge is 2.00. The zero-order valence-corrected chi connectivity index (χ0v) is 11.6. The fraction of sp³-hybridized carbons (Fsp3) is 0.286. The second-order valence-electron chi connectivity index (χ2n) is 3.86. The van der Waals surface area contributed by atoms with Crippen LogP contribution in [0.25, 0.3) is 0 Å². The largest absolute Gasteiger partial charge is 0.326 e. The maximum absolute atomic E-state index is 5.58. The molecule has 0 aliphatic carbocycles. The normalized spacial score (nSPS) is 10.7. The van der Waals surface area contributed by atoms with Gasteiger partial charge in [-0.3, -0.25) is 0 Å². The van der Waals surface area contributed by atoms with Gasteiger partial charge in [0.2, 0.25) is 0 Å². The predicted molar refractivity (Wildman–Crippen MR) is 77.6 cm³/mol. The highest BCUT2D eigenvalue weighted by Crippen LogP contribution is 2.27. The Morgan fingerprint density at radius 1 is 1.06 bits per heavy atom. The van der Waals surface area contributed by atoms with E-state index < -0.39 is 0 Å². The number of thiophene rings is 1. The molecule has 90 valence electrons. The lowest BCUT2D eigenvalue weighted by atomic mass is 10.2. The minimum absolute atomic E-state index is 0.621. The summed E-state index contributed by atoms with van der Waals surface area (Å²) in [6, 6.07) is 13.0. The first-order valence-electron chi connectivity index (χ1n) is 5.81. The van der Waals surface area contributed by atoms with Crippen molar-refractivity contribution >= 4 is 23.1 Å². The molecular weight excluding hydrogens is 246 g/mol. The molecular formula is C14H17NS2. The monoisotopic (exact) mass is 263 g/mol. The van der Waals surface area contributed by atoms with Gasteiger partial charge in [0, 0.05) is 26.9 Å². The van der Waals surface area contributed by atoms with Crippen LogP contribution in [0, 0.1) is 0 Å². The molecule has 1 nitrogen and oxygen atoms in total. The zero-order valence-electron chi connectivity index (χ0n) is 9.98. The van der Waals surface area contributed by atoms with E-state index in [9.17, 15) is 0 Å². The standard InChI is InChI=1S/C14H17NS2/c1-2-12-7-8-14(17-12)10-16-13-5-3-11(9-15)4-6-13/h3-8H,2,9-10,15H2,1H3. The summed E-state index contributed by atoms with van der Waals surface area (Å²) < 4.78 is 0. The van der Waals surface area contributed by atoms with Crippen molar-refractivity contribution in [3.8, 4) is 0 Å². The molecule has 0 amide bonds. The highest BCUT2D eigenvalue weighted by atomic mass is 32.2. The summed E-state index contributed by atoms with van der Waals surface area (Å²) in [5.74, 6) is 1.06. The summed E-state index contributed by atoms with van der Waals surface area (Å²) in [5, 5.41) is 0. The summed E-state index contributed by atoms with van der Waals surface area (Å²) in [6.45, 7) is 2.82. The molecule has 0 saturated heterocycles. The van der Waals surface area contributed by atoms with Gasteiger partial charge >= 0.3 is 0 Å². The smallest absolute Gasteiger partial charge is 0.0326 e. The van der Waals surface area contributed by atoms with Crippen molar-refractivity contribution in [2.75, 3.05) is 0 Å². The van der Waals surface area contributed by atoms with Crippen molar-refractivity contribution in [2.24, 2.45) is 5.73 Å². The molecule has 0 saturated carbocycles. The maximum Gasteiger partial charge on any atom is 0.0326 e. The second kappa shape index (κ2) is 6.24. The maximum atomic E-state index is 5.58. The molecule has 2 aromatic rings. The Morgan fingerprint density at radius 3 is 2.35 bits per heavy atom. The molecule has 1 heterocycles. The van der Waals surface area contributed by atoms with Crippen molar-refractivity contribution in [3.63, 3.8) is 0 Å². The van der Waals surface area contributed by atoms with Gasteiger partial charge in [-0.15, -0.1) is 23.1 Å². The predicted octanol–water partition coefficient (Wildman–Crippen LogP) is 4.06. The molecule has 0 spiro atoms. The molecule has 0 fully saturated rings. The van der Waals surface area contributed by atoms with Crippen LogP contribution in [0.3, 0.4) is 0 Å². The third kappa shape index (κ3) is 3.60. The van der Waals surface area contributed by atoms with Crippen molar-refractivity contribution in [1.29, 1.82) is 0 Å². The van der Waals surface area contributed by atoms with E-state index in [2.05, 4.69) is 43.3 Å². The average molecular weight is 263 g/mol. The molecule has 0 aliphatic heterocycles. The average Bonchev–Trinajstić information content (AvgIpc) is 2.85. The number of hydrogen-bond donors (Lipinski definition) is 1. The van der Waals surface area contributed by atoms with Crippen LogP contribution in [0.5, 0.6) is 0 Å². The lowest BCUT2D eigenvalue weighted by Gasteiger charge is -2.01. The van der Waals surface area contributed by atoms with Gasteiger partial charge in [0.05, 0.1) is 0 Å². The highest BCUT2D eigenvalue weighted by molar-refractivity contribution is 7.98. The molecule has 1 aromatic carbocycles. The Labute approximate surface area is 111 Å². The molecule has 0 unspecified atom stereocenters. The van der Waals surface area contributed by atoms with Gasteiger partial charge in [-0.25, -0.2) is 0 Å². The number of benzene rings is 1. The number of hydrogen-bond acceptors (Lipinski definition) is 3. The molecule has 1 aromatic heterocycles. The lowest BCUT2D eigenvalue weighted by molar-refractivity contribution is 1.07. The van der Waals surface area contributed by atoms with E-state index in [0.29, 0.717) is 6.54 Å². The number of rotatable bonds is 5. The molecule has 2 rings (SSSR count). The van der Waals surface area contributed by atoms with Crippen molar-refractivity contribution in [3.05, 3.63) is 51.7 Å². The van der Waals surface area contributed by atoms with Crippen molar-refractivity contribution < 1.29 is 0 Å². The van der Waals surface area contributed by atoms with Gasteiger partial charge in [-0.05, 0) is 36.2 Å². The fourth-order valence-corrected chi connectivity index (χ4v) is 3.47. The van der Waals surface area contributed by atoms with E-state index in [1.54, 1.807) is 0 Å². The Morgan fingerprint density at radius 2 is 1.76 bits per heavy atom. The lowest BCUT2D eigenvalue weighted by Crippen LogP contribution is -1.94. The van der Waals surface area contributed by atoms with Crippen LogP contribution in [0.1, 0.15) is 22.2 Å². The number of thioether (sulfide) groups is 1. The first-order chi connectivity index (χ1) is 8.31. The van der Waals surface area contributed by atoms with Crippen LogP contribution in [0.15, 0.2) is 41.3 Å². The fourth-order valence-electron chi connectivity index (χ4n) is 1.57. The zero-order chi connectivity index (χ0) is 12.1. The minimum Gasteiger partial charge on any atom is -0.326 e. The molecule has 0 radical (unpaired) electrons. The van der Waals surface area contributed by atoms with Gasteiger partial charge in [-0.1, -0.05) is 19.1 Å². The van der Waals surface area contributed by atoms with Crippen molar-refractivity contribution in [2.45, 2.75) is 30.5 Å². The van der Waals surface area contributed by atoms with Crippen LogP contribution in [0.2, 0.25) is 0 Å². The van der Waals surface area contributed by atoms with Crippen LogP contribution in [-0.4, -0.2) is 0 Å². The van der Waals surface area contributed by atoms with Crippen LogP contribution in [-0.2, 0) is 18.7 Å². The summed E-state index contributed by atoms with van der Waals surface area (Å²) in [5.41, 5.74) is 6.77. The summed E-state index contributed by atoms with van der Waals surface area (Å²) >= 11 is 3.81. The summed E-state index contributed by atoms with van der Waals surface area (Å²) in [6.07, 6.45) is 1.14. The Kier molecular flexibility index (Phi) is 4.66. The van der Waals surface area contributed by atoms with E-state index in [1.165, 1.54) is 20.2 Å². The Hall–Kier alpha value is -0.770. The molecule has 0 aliphatic rings. The molecule has 0 bridgehead atoms. The Balaban J connectivity index is 1.92. The van der Waals surface area contributed by atoms with E-state index in [4.69, 9.17) is 5.73 Å². The van der Waals surface area contributed by atoms with E-state index in [-0.39, 0.29) is 0 Å². The van der Waals surface area contributed by atoms with Gasteiger partial charge in [0.15, 0.2) is 0 Å². The second-order valence-corrected chi connectivity index (χ2v) is 6.16. The molecule has 17 heavy (non-hydrogen) atoms.